The summed E-state index contributed by atoms with van der Waals surface area (Å²) in [5, 5.41) is 3.50. The number of methoxy groups -OCH3 is 1. The van der Waals surface area contributed by atoms with Crippen LogP contribution >= 0.6 is 0 Å². The second-order valence-electron chi connectivity index (χ2n) is 5.73. The van der Waals surface area contributed by atoms with Crippen molar-refractivity contribution in [2.45, 2.75) is 46.0 Å². The number of nitrogens with one attached hydrogen (secondary N) is 1. The molecule has 0 aromatic heterocycles. The summed E-state index contributed by atoms with van der Waals surface area (Å²) in [5.74, 6) is 2.77. The van der Waals surface area contributed by atoms with Crippen LogP contribution in [0.4, 0.5) is 0 Å². The van der Waals surface area contributed by atoms with Gasteiger partial charge in [-0.05, 0) is 43.6 Å². The highest BCUT2D eigenvalue weighted by atomic mass is 16.5. The molecular weight excluding hydrogens is 198 g/mol. The second kappa shape index (κ2) is 8.08. The topological polar surface area (TPSA) is 21.3 Å². The maximum atomic E-state index is 5.04. The van der Waals surface area contributed by atoms with Crippen LogP contribution in [0.1, 0.15) is 46.0 Å². The van der Waals surface area contributed by atoms with Crippen molar-refractivity contribution in [1.82, 2.24) is 5.32 Å². The van der Waals surface area contributed by atoms with Crippen LogP contribution in [0.5, 0.6) is 0 Å². The molecule has 0 spiro atoms. The van der Waals surface area contributed by atoms with Gasteiger partial charge in [-0.2, -0.15) is 0 Å². The molecule has 0 heterocycles. The lowest BCUT2D eigenvalue weighted by Crippen LogP contribution is -2.29. The Morgan fingerprint density at radius 1 is 1.25 bits per heavy atom. The lowest BCUT2D eigenvalue weighted by molar-refractivity contribution is 0.190. The third-order valence-corrected chi connectivity index (χ3v) is 3.61. The number of ether oxygens (including phenoxy) is 1. The average molecular weight is 227 g/mol. The molecule has 2 nitrogen and oxygen atoms in total. The van der Waals surface area contributed by atoms with E-state index >= 15 is 0 Å². The number of hydrogen-bond donors (Lipinski definition) is 1. The van der Waals surface area contributed by atoms with Crippen LogP contribution < -0.4 is 5.32 Å². The highest BCUT2D eigenvalue weighted by Gasteiger charge is 2.22. The van der Waals surface area contributed by atoms with E-state index in [1.165, 1.54) is 38.6 Å². The quantitative estimate of drug-likeness (QED) is 0.675. The van der Waals surface area contributed by atoms with E-state index in [0.717, 1.165) is 30.9 Å². The Morgan fingerprint density at radius 2 is 2.00 bits per heavy atom. The average Bonchev–Trinajstić information content (AvgIpc) is 2.24. The van der Waals surface area contributed by atoms with Gasteiger partial charge in [-0.3, -0.25) is 0 Å². The van der Waals surface area contributed by atoms with Gasteiger partial charge >= 0.3 is 0 Å². The Morgan fingerprint density at radius 3 is 2.69 bits per heavy atom. The van der Waals surface area contributed by atoms with Crippen LogP contribution in [0.2, 0.25) is 0 Å². The van der Waals surface area contributed by atoms with E-state index in [4.69, 9.17) is 4.74 Å². The summed E-state index contributed by atoms with van der Waals surface area (Å²) in [6, 6.07) is 0. The second-order valence-corrected chi connectivity index (χ2v) is 5.73. The summed E-state index contributed by atoms with van der Waals surface area (Å²) in [4.78, 5) is 0. The van der Waals surface area contributed by atoms with Crippen molar-refractivity contribution in [3.8, 4) is 0 Å². The maximum Gasteiger partial charge on any atom is 0.0587 e. The van der Waals surface area contributed by atoms with Crippen LogP contribution in [0, 0.1) is 17.8 Å². The Kier molecular flexibility index (Phi) is 7.06. The van der Waals surface area contributed by atoms with Crippen LogP contribution in [-0.4, -0.2) is 26.8 Å². The van der Waals surface area contributed by atoms with Crippen LogP contribution in [-0.2, 0) is 4.74 Å². The van der Waals surface area contributed by atoms with Crippen molar-refractivity contribution >= 4 is 0 Å². The molecule has 0 amide bonds. The molecule has 0 aromatic carbocycles. The van der Waals surface area contributed by atoms with Crippen molar-refractivity contribution in [2.24, 2.45) is 17.8 Å². The summed E-state index contributed by atoms with van der Waals surface area (Å²) in [7, 11) is 1.76. The molecule has 96 valence electrons. The van der Waals surface area contributed by atoms with Gasteiger partial charge < -0.3 is 10.1 Å². The zero-order chi connectivity index (χ0) is 11.8. The van der Waals surface area contributed by atoms with Crippen LogP contribution in [0.25, 0.3) is 0 Å². The molecule has 0 aliphatic heterocycles. The third-order valence-electron chi connectivity index (χ3n) is 3.61. The maximum absolute atomic E-state index is 5.04. The van der Waals surface area contributed by atoms with Gasteiger partial charge in [0.05, 0.1) is 6.61 Å². The highest BCUT2D eigenvalue weighted by molar-refractivity contribution is 4.75. The van der Waals surface area contributed by atoms with Crippen molar-refractivity contribution in [2.75, 3.05) is 26.8 Å². The fraction of sp³-hybridized carbons (Fsp3) is 1.00. The summed E-state index contributed by atoms with van der Waals surface area (Å²) in [6.07, 6.45) is 7.20. The first kappa shape index (κ1) is 14.0. The van der Waals surface area contributed by atoms with Crippen molar-refractivity contribution in [1.29, 1.82) is 0 Å². The van der Waals surface area contributed by atoms with E-state index in [2.05, 4.69) is 19.2 Å². The molecule has 0 bridgehead atoms. The molecule has 2 unspecified atom stereocenters. The zero-order valence-electron chi connectivity index (χ0n) is 11.3. The zero-order valence-corrected chi connectivity index (χ0v) is 11.3. The fourth-order valence-electron chi connectivity index (χ4n) is 2.95. The first-order chi connectivity index (χ1) is 7.72. The van der Waals surface area contributed by atoms with E-state index in [1.807, 2.05) is 0 Å². The van der Waals surface area contributed by atoms with Gasteiger partial charge in [0.15, 0.2) is 0 Å². The molecule has 1 rings (SSSR count). The summed E-state index contributed by atoms with van der Waals surface area (Å²) in [5.41, 5.74) is 0. The molecule has 1 N–H and O–H groups in total. The molecule has 1 fully saturated rings. The molecule has 1 aliphatic rings. The molecule has 0 saturated heterocycles. The molecule has 16 heavy (non-hydrogen) atoms. The standard InChI is InChI=1S/C14H29NO/c1-12(2)9-13-5-4-6-14(10-13)11-15-7-8-16-3/h12-15H,4-11H2,1-3H3. The van der Waals surface area contributed by atoms with E-state index in [1.54, 1.807) is 7.11 Å². The minimum atomic E-state index is 0.835. The molecule has 2 atom stereocenters. The first-order valence-electron chi connectivity index (χ1n) is 6.92. The Balaban J connectivity index is 2.12. The van der Waals surface area contributed by atoms with Crippen LogP contribution in [0.3, 0.4) is 0 Å². The van der Waals surface area contributed by atoms with Gasteiger partial charge in [0.25, 0.3) is 0 Å². The van der Waals surface area contributed by atoms with E-state index in [-0.39, 0.29) is 0 Å². The monoisotopic (exact) mass is 227 g/mol. The van der Waals surface area contributed by atoms with Gasteiger partial charge in [0.1, 0.15) is 0 Å². The SMILES string of the molecule is COCCNCC1CCCC(CC(C)C)C1. The van der Waals surface area contributed by atoms with Crippen LogP contribution in [0.15, 0.2) is 0 Å². The highest BCUT2D eigenvalue weighted by Crippen LogP contribution is 2.32. The number of rotatable bonds is 7. The number of hydrogen-bond acceptors (Lipinski definition) is 2. The van der Waals surface area contributed by atoms with Gasteiger partial charge in [0, 0.05) is 13.7 Å². The predicted molar refractivity (Wildman–Crippen MR) is 69.6 cm³/mol. The Labute approximate surface area is 101 Å². The molecular formula is C14H29NO. The molecule has 2 heteroatoms. The largest absolute Gasteiger partial charge is 0.383 e. The summed E-state index contributed by atoms with van der Waals surface area (Å²) in [6.45, 7) is 7.73. The fourth-order valence-corrected chi connectivity index (χ4v) is 2.95. The minimum absolute atomic E-state index is 0.835. The van der Waals surface area contributed by atoms with Crippen molar-refractivity contribution in [3.63, 3.8) is 0 Å². The van der Waals surface area contributed by atoms with E-state index in [9.17, 15) is 0 Å². The van der Waals surface area contributed by atoms with Gasteiger partial charge in [0.2, 0.25) is 0 Å². The predicted octanol–water partition coefficient (Wildman–Crippen LogP) is 3.07. The lowest BCUT2D eigenvalue weighted by Gasteiger charge is -2.30. The normalized spacial score (nSPS) is 26.2. The Bertz CT molecular complexity index is 170. The van der Waals surface area contributed by atoms with Crippen molar-refractivity contribution in [3.05, 3.63) is 0 Å². The first-order valence-corrected chi connectivity index (χ1v) is 6.92. The minimum Gasteiger partial charge on any atom is -0.383 e. The van der Waals surface area contributed by atoms with E-state index < -0.39 is 0 Å². The van der Waals surface area contributed by atoms with Gasteiger partial charge in [-0.1, -0.05) is 26.7 Å². The third kappa shape index (κ3) is 5.86. The molecule has 1 saturated carbocycles. The van der Waals surface area contributed by atoms with Crippen molar-refractivity contribution < 1.29 is 4.74 Å². The lowest BCUT2D eigenvalue weighted by atomic mass is 9.78. The Hall–Kier alpha value is -0.0800. The smallest absolute Gasteiger partial charge is 0.0587 e. The molecule has 1 aliphatic carbocycles. The van der Waals surface area contributed by atoms with Gasteiger partial charge in [-0.25, -0.2) is 0 Å². The summed E-state index contributed by atoms with van der Waals surface area (Å²) < 4.78 is 5.04. The van der Waals surface area contributed by atoms with Gasteiger partial charge in [-0.15, -0.1) is 0 Å². The molecule has 0 aromatic rings. The molecule has 0 radical (unpaired) electrons. The summed E-state index contributed by atoms with van der Waals surface area (Å²) >= 11 is 0. The van der Waals surface area contributed by atoms with E-state index in [0.29, 0.717) is 0 Å².